The monoisotopic (exact) mass is 253 g/mol. The highest BCUT2D eigenvalue weighted by molar-refractivity contribution is 5.68. The quantitative estimate of drug-likeness (QED) is 0.421. The minimum atomic E-state index is -0.421. The van der Waals surface area contributed by atoms with Crippen LogP contribution in [0.15, 0.2) is 18.2 Å². The smallest absolute Gasteiger partial charge is 0.333 e. The summed E-state index contributed by atoms with van der Waals surface area (Å²) in [5.74, 6) is 0.305. The molecule has 100 valence electrons. The van der Waals surface area contributed by atoms with Gasteiger partial charge in [-0.05, 0) is 31.5 Å². The van der Waals surface area contributed by atoms with Crippen LogP contribution in [0.5, 0.6) is 5.75 Å². The summed E-state index contributed by atoms with van der Waals surface area (Å²) < 4.78 is 5.39. The van der Waals surface area contributed by atoms with Gasteiger partial charge in [0.1, 0.15) is 5.69 Å². The van der Waals surface area contributed by atoms with Crippen LogP contribution in [0.25, 0.3) is 0 Å². The van der Waals surface area contributed by atoms with Crippen molar-refractivity contribution in [3.8, 4) is 5.75 Å². The van der Waals surface area contributed by atoms with E-state index in [0.717, 1.165) is 12.8 Å². The molecule has 0 radical (unpaired) electrons. The lowest BCUT2D eigenvalue weighted by Crippen LogP contribution is -2.10. The topological polar surface area (TPSA) is 90.4 Å². The van der Waals surface area contributed by atoms with Crippen molar-refractivity contribution in [1.82, 2.24) is 0 Å². The Morgan fingerprint density at radius 3 is 2.89 bits per heavy atom. The number of nitro benzene ring substituents is 1. The Labute approximate surface area is 106 Å². The summed E-state index contributed by atoms with van der Waals surface area (Å²) in [5.41, 5.74) is 5.85. The van der Waals surface area contributed by atoms with Gasteiger partial charge in [-0.25, -0.2) is 0 Å². The van der Waals surface area contributed by atoms with Crippen molar-refractivity contribution in [2.45, 2.75) is 19.8 Å². The van der Waals surface area contributed by atoms with Gasteiger partial charge < -0.3 is 15.8 Å². The van der Waals surface area contributed by atoms with Crippen molar-refractivity contribution in [3.05, 3.63) is 28.3 Å². The van der Waals surface area contributed by atoms with Crippen LogP contribution in [0.2, 0.25) is 0 Å². The van der Waals surface area contributed by atoms with Gasteiger partial charge in [0.05, 0.1) is 11.5 Å². The van der Waals surface area contributed by atoms with Crippen molar-refractivity contribution in [3.63, 3.8) is 0 Å². The number of nitrogens with one attached hydrogen (secondary N) is 1. The third-order valence-electron chi connectivity index (χ3n) is 2.34. The molecule has 0 spiro atoms. The van der Waals surface area contributed by atoms with Crippen molar-refractivity contribution >= 4 is 11.4 Å². The van der Waals surface area contributed by atoms with Gasteiger partial charge in [0, 0.05) is 6.54 Å². The molecule has 0 saturated carbocycles. The van der Waals surface area contributed by atoms with E-state index in [1.807, 2.05) is 6.92 Å². The zero-order valence-electron chi connectivity index (χ0n) is 10.5. The first-order valence-corrected chi connectivity index (χ1v) is 6.04. The van der Waals surface area contributed by atoms with Crippen LogP contribution in [-0.4, -0.2) is 24.6 Å². The molecule has 0 bridgehead atoms. The highest BCUT2D eigenvalue weighted by atomic mass is 16.6. The molecule has 0 aliphatic rings. The van der Waals surface area contributed by atoms with Gasteiger partial charge in [-0.15, -0.1) is 0 Å². The molecule has 0 heterocycles. The summed E-state index contributed by atoms with van der Waals surface area (Å²) in [5, 5.41) is 14.1. The molecule has 0 unspecified atom stereocenters. The van der Waals surface area contributed by atoms with Crippen LogP contribution < -0.4 is 15.8 Å². The molecular formula is C12H19N3O3. The Kier molecular flexibility index (Phi) is 5.93. The maximum atomic E-state index is 11.1. The van der Waals surface area contributed by atoms with E-state index in [9.17, 15) is 10.1 Å². The fourth-order valence-electron chi connectivity index (χ4n) is 1.51. The molecule has 1 aromatic carbocycles. The minimum Gasteiger partial charge on any atom is -0.487 e. The lowest BCUT2D eigenvalue weighted by molar-refractivity contribution is -0.385. The van der Waals surface area contributed by atoms with Gasteiger partial charge in [0.2, 0.25) is 0 Å². The van der Waals surface area contributed by atoms with E-state index in [1.165, 1.54) is 0 Å². The van der Waals surface area contributed by atoms with E-state index < -0.39 is 4.92 Å². The van der Waals surface area contributed by atoms with Crippen molar-refractivity contribution in [2.24, 2.45) is 5.73 Å². The van der Waals surface area contributed by atoms with E-state index in [1.54, 1.807) is 18.2 Å². The van der Waals surface area contributed by atoms with Crippen LogP contribution >= 0.6 is 0 Å². The van der Waals surface area contributed by atoms with E-state index in [4.69, 9.17) is 10.5 Å². The maximum absolute atomic E-state index is 11.1. The van der Waals surface area contributed by atoms with E-state index in [0.29, 0.717) is 31.1 Å². The minimum absolute atomic E-state index is 0.0111. The number of nitro groups is 1. The zero-order chi connectivity index (χ0) is 13.4. The second-order valence-electron chi connectivity index (χ2n) is 3.83. The van der Waals surface area contributed by atoms with Gasteiger partial charge in [-0.3, -0.25) is 10.1 Å². The molecule has 1 aromatic rings. The number of para-hydroxylation sites is 1. The summed E-state index contributed by atoms with van der Waals surface area (Å²) in [6.45, 7) is 3.57. The average molecular weight is 253 g/mol. The number of rotatable bonds is 8. The normalized spacial score (nSPS) is 10.1. The first kappa shape index (κ1) is 14.2. The first-order valence-electron chi connectivity index (χ1n) is 6.04. The standard InChI is InChI=1S/C12H19N3O3/c1-2-9-18-11-6-3-5-10(12(11)15(16)17)14-8-4-7-13/h3,5-6,14H,2,4,7-9,13H2,1H3. The van der Waals surface area contributed by atoms with Crippen LogP contribution in [-0.2, 0) is 0 Å². The Bertz CT molecular complexity index is 396. The predicted molar refractivity (Wildman–Crippen MR) is 71.0 cm³/mol. The molecule has 0 amide bonds. The fourth-order valence-corrected chi connectivity index (χ4v) is 1.51. The van der Waals surface area contributed by atoms with Crippen LogP contribution in [0.4, 0.5) is 11.4 Å². The van der Waals surface area contributed by atoms with Crippen LogP contribution in [0, 0.1) is 10.1 Å². The summed E-state index contributed by atoms with van der Waals surface area (Å²) in [4.78, 5) is 10.7. The largest absolute Gasteiger partial charge is 0.487 e. The van der Waals surface area contributed by atoms with E-state index >= 15 is 0 Å². The van der Waals surface area contributed by atoms with Gasteiger partial charge >= 0.3 is 5.69 Å². The molecule has 0 fully saturated rings. The van der Waals surface area contributed by atoms with Crippen molar-refractivity contribution < 1.29 is 9.66 Å². The molecule has 18 heavy (non-hydrogen) atoms. The third kappa shape index (κ3) is 3.89. The number of anilines is 1. The molecule has 6 heteroatoms. The SMILES string of the molecule is CCCOc1cccc(NCCCN)c1[N+](=O)[O-]. The number of hydrogen-bond acceptors (Lipinski definition) is 5. The summed E-state index contributed by atoms with van der Waals surface area (Å²) >= 11 is 0. The number of hydrogen-bond donors (Lipinski definition) is 2. The highest BCUT2D eigenvalue weighted by Gasteiger charge is 2.20. The Hall–Kier alpha value is -1.82. The predicted octanol–water partition coefficient (Wildman–Crippen LogP) is 2.14. The van der Waals surface area contributed by atoms with Gasteiger partial charge in [0.15, 0.2) is 5.75 Å². The van der Waals surface area contributed by atoms with Crippen molar-refractivity contribution in [1.29, 1.82) is 0 Å². The molecular weight excluding hydrogens is 234 g/mol. The molecule has 0 aliphatic carbocycles. The third-order valence-corrected chi connectivity index (χ3v) is 2.34. The number of nitrogens with zero attached hydrogens (tertiary/aromatic N) is 1. The molecule has 3 N–H and O–H groups in total. The molecule has 0 aliphatic heterocycles. The molecule has 0 saturated heterocycles. The van der Waals surface area contributed by atoms with Crippen LogP contribution in [0.3, 0.4) is 0 Å². The van der Waals surface area contributed by atoms with Crippen molar-refractivity contribution in [2.75, 3.05) is 25.0 Å². The summed E-state index contributed by atoms with van der Waals surface area (Å²) in [7, 11) is 0. The maximum Gasteiger partial charge on any atom is 0.333 e. The average Bonchev–Trinajstić information content (AvgIpc) is 2.36. The fraction of sp³-hybridized carbons (Fsp3) is 0.500. The summed E-state index contributed by atoms with van der Waals surface area (Å²) in [6, 6.07) is 5.03. The second-order valence-corrected chi connectivity index (χ2v) is 3.83. The Balaban J connectivity index is 2.90. The lowest BCUT2D eigenvalue weighted by atomic mass is 10.2. The lowest BCUT2D eigenvalue weighted by Gasteiger charge is -2.10. The van der Waals surface area contributed by atoms with Gasteiger partial charge in [-0.2, -0.15) is 0 Å². The molecule has 1 rings (SSSR count). The van der Waals surface area contributed by atoms with Crippen LogP contribution in [0.1, 0.15) is 19.8 Å². The molecule has 0 atom stereocenters. The summed E-state index contributed by atoms with van der Waals surface area (Å²) in [6.07, 6.45) is 1.57. The van der Waals surface area contributed by atoms with E-state index in [2.05, 4.69) is 5.32 Å². The first-order chi connectivity index (χ1) is 8.70. The highest BCUT2D eigenvalue weighted by Crippen LogP contribution is 2.34. The van der Waals surface area contributed by atoms with E-state index in [-0.39, 0.29) is 5.69 Å². The van der Waals surface area contributed by atoms with Gasteiger partial charge in [0.25, 0.3) is 0 Å². The van der Waals surface area contributed by atoms with Gasteiger partial charge in [-0.1, -0.05) is 13.0 Å². The molecule has 6 nitrogen and oxygen atoms in total. The Morgan fingerprint density at radius 2 is 2.28 bits per heavy atom. The molecule has 0 aromatic heterocycles. The number of ether oxygens (including phenoxy) is 1. The zero-order valence-corrected chi connectivity index (χ0v) is 10.5. The Morgan fingerprint density at radius 1 is 1.50 bits per heavy atom. The second kappa shape index (κ2) is 7.50. The number of benzene rings is 1. The number of nitrogens with two attached hydrogens (primary N) is 1.